The van der Waals surface area contributed by atoms with Crippen LogP contribution in [0.4, 0.5) is 0 Å². The fraction of sp³-hybridized carbons (Fsp3) is 0.611. The molecule has 0 aliphatic heterocycles. The molecular formula is C18H28N2O. The number of carbonyl (C=O) groups is 1. The van der Waals surface area contributed by atoms with E-state index in [1.54, 1.807) is 0 Å². The van der Waals surface area contributed by atoms with Crippen molar-refractivity contribution < 1.29 is 4.79 Å². The molecule has 1 aliphatic rings. The predicted molar refractivity (Wildman–Crippen MR) is 87.5 cm³/mol. The van der Waals surface area contributed by atoms with Crippen LogP contribution in [0.5, 0.6) is 0 Å². The van der Waals surface area contributed by atoms with Crippen LogP contribution in [0.1, 0.15) is 60.0 Å². The van der Waals surface area contributed by atoms with E-state index in [1.165, 1.54) is 19.3 Å². The van der Waals surface area contributed by atoms with E-state index in [0.717, 1.165) is 42.5 Å². The third-order valence-electron chi connectivity index (χ3n) is 4.50. The number of hydrogen-bond donors (Lipinski definition) is 1. The molecule has 0 unspecified atom stereocenters. The summed E-state index contributed by atoms with van der Waals surface area (Å²) in [6.07, 6.45) is 6.95. The highest BCUT2D eigenvalue weighted by molar-refractivity contribution is 5.96. The van der Waals surface area contributed by atoms with E-state index in [0.29, 0.717) is 12.6 Å². The molecule has 0 atom stereocenters. The topological polar surface area (TPSA) is 46.3 Å². The molecule has 1 amide bonds. The first-order chi connectivity index (χ1) is 10.1. The summed E-state index contributed by atoms with van der Waals surface area (Å²) in [6, 6.07) is 6.54. The Morgan fingerprint density at radius 1 is 1.24 bits per heavy atom. The van der Waals surface area contributed by atoms with Crippen LogP contribution < -0.4 is 5.73 Å². The Labute approximate surface area is 128 Å². The van der Waals surface area contributed by atoms with Crippen molar-refractivity contribution in [3.63, 3.8) is 0 Å². The van der Waals surface area contributed by atoms with Gasteiger partial charge < -0.3 is 10.6 Å². The third kappa shape index (κ3) is 4.07. The molecule has 0 aromatic heterocycles. The van der Waals surface area contributed by atoms with Crippen molar-refractivity contribution in [3.8, 4) is 0 Å². The van der Waals surface area contributed by atoms with E-state index in [1.807, 2.05) is 26.0 Å². The summed E-state index contributed by atoms with van der Waals surface area (Å²) in [5.74, 6) is 0.191. The number of benzene rings is 1. The molecule has 1 aromatic rings. The number of nitrogens with zero attached hydrogens (tertiary/aromatic N) is 1. The van der Waals surface area contributed by atoms with Gasteiger partial charge in [-0.05, 0) is 51.3 Å². The van der Waals surface area contributed by atoms with Crippen molar-refractivity contribution in [3.05, 3.63) is 34.9 Å². The van der Waals surface area contributed by atoms with Gasteiger partial charge in [0.25, 0.3) is 5.91 Å². The van der Waals surface area contributed by atoms with Crippen LogP contribution in [0, 0.1) is 13.8 Å². The SMILES string of the molecule is Cc1ccc(C)c(C(=O)N(CCCN)C2CCCCC2)c1. The van der Waals surface area contributed by atoms with Crippen LogP contribution in [0.3, 0.4) is 0 Å². The third-order valence-corrected chi connectivity index (χ3v) is 4.50. The van der Waals surface area contributed by atoms with Crippen molar-refractivity contribution in [1.82, 2.24) is 4.90 Å². The Bertz CT molecular complexity index is 478. The molecule has 3 nitrogen and oxygen atoms in total. The van der Waals surface area contributed by atoms with Gasteiger partial charge >= 0.3 is 0 Å². The van der Waals surface area contributed by atoms with Crippen LogP contribution in [-0.4, -0.2) is 29.9 Å². The minimum absolute atomic E-state index is 0.191. The zero-order valence-corrected chi connectivity index (χ0v) is 13.4. The van der Waals surface area contributed by atoms with Gasteiger partial charge in [0.05, 0.1) is 0 Å². The maximum Gasteiger partial charge on any atom is 0.254 e. The molecule has 1 aliphatic carbocycles. The highest BCUT2D eigenvalue weighted by Gasteiger charge is 2.26. The van der Waals surface area contributed by atoms with Gasteiger partial charge in [0.1, 0.15) is 0 Å². The lowest BCUT2D eigenvalue weighted by Crippen LogP contribution is -2.42. The monoisotopic (exact) mass is 288 g/mol. The number of nitrogens with two attached hydrogens (primary N) is 1. The molecule has 21 heavy (non-hydrogen) atoms. The van der Waals surface area contributed by atoms with Crippen molar-refractivity contribution in [2.24, 2.45) is 5.73 Å². The Kier molecular flexibility index (Phi) is 5.80. The summed E-state index contributed by atoms with van der Waals surface area (Å²) < 4.78 is 0. The van der Waals surface area contributed by atoms with Crippen molar-refractivity contribution >= 4 is 5.91 Å². The fourth-order valence-corrected chi connectivity index (χ4v) is 3.23. The number of aryl methyl sites for hydroxylation is 2. The highest BCUT2D eigenvalue weighted by atomic mass is 16.2. The predicted octanol–water partition coefficient (Wildman–Crippen LogP) is 3.43. The van der Waals surface area contributed by atoms with Crippen LogP contribution in [0.15, 0.2) is 18.2 Å². The zero-order valence-electron chi connectivity index (χ0n) is 13.4. The highest BCUT2D eigenvalue weighted by Crippen LogP contribution is 2.25. The Balaban J connectivity index is 2.21. The van der Waals surface area contributed by atoms with Gasteiger partial charge in [-0.15, -0.1) is 0 Å². The molecule has 2 N–H and O–H groups in total. The molecule has 3 heteroatoms. The van der Waals surface area contributed by atoms with Gasteiger partial charge in [-0.2, -0.15) is 0 Å². The summed E-state index contributed by atoms with van der Waals surface area (Å²) in [7, 11) is 0. The first-order valence-corrected chi connectivity index (χ1v) is 8.21. The van der Waals surface area contributed by atoms with Gasteiger partial charge in [-0.1, -0.05) is 37.0 Å². The normalized spacial score (nSPS) is 16.0. The maximum atomic E-state index is 13.0. The molecule has 2 rings (SSSR count). The second-order valence-electron chi connectivity index (χ2n) is 6.25. The van der Waals surface area contributed by atoms with E-state index < -0.39 is 0 Å². The minimum Gasteiger partial charge on any atom is -0.336 e. The molecule has 0 bridgehead atoms. The summed E-state index contributed by atoms with van der Waals surface area (Å²) in [4.78, 5) is 15.1. The first kappa shape index (κ1) is 16.0. The van der Waals surface area contributed by atoms with Gasteiger partial charge in [-0.25, -0.2) is 0 Å². The Hall–Kier alpha value is -1.35. The lowest BCUT2D eigenvalue weighted by molar-refractivity contribution is 0.0632. The van der Waals surface area contributed by atoms with Crippen LogP contribution in [0.2, 0.25) is 0 Å². The summed E-state index contributed by atoms with van der Waals surface area (Å²) in [5.41, 5.74) is 8.73. The van der Waals surface area contributed by atoms with Crippen LogP contribution in [-0.2, 0) is 0 Å². The fourth-order valence-electron chi connectivity index (χ4n) is 3.23. The van der Waals surface area contributed by atoms with E-state index in [2.05, 4.69) is 11.0 Å². The van der Waals surface area contributed by atoms with Gasteiger partial charge in [0.2, 0.25) is 0 Å². The standard InChI is InChI=1S/C18H28N2O/c1-14-9-10-15(2)17(13-14)18(21)20(12-6-11-19)16-7-4-3-5-8-16/h9-10,13,16H,3-8,11-12,19H2,1-2H3. The number of carbonyl (C=O) groups excluding carboxylic acids is 1. The molecular weight excluding hydrogens is 260 g/mol. The van der Waals surface area contributed by atoms with Crippen molar-refractivity contribution in [1.29, 1.82) is 0 Å². The Morgan fingerprint density at radius 2 is 1.95 bits per heavy atom. The van der Waals surface area contributed by atoms with E-state index in [9.17, 15) is 4.79 Å². The molecule has 1 fully saturated rings. The maximum absolute atomic E-state index is 13.0. The van der Waals surface area contributed by atoms with Crippen LogP contribution in [0.25, 0.3) is 0 Å². The van der Waals surface area contributed by atoms with Gasteiger partial charge in [0, 0.05) is 18.2 Å². The minimum atomic E-state index is 0.191. The molecule has 116 valence electrons. The first-order valence-electron chi connectivity index (χ1n) is 8.21. The molecule has 1 aromatic carbocycles. The molecule has 0 heterocycles. The quantitative estimate of drug-likeness (QED) is 0.902. The Morgan fingerprint density at radius 3 is 2.62 bits per heavy atom. The molecule has 0 spiro atoms. The van der Waals surface area contributed by atoms with E-state index >= 15 is 0 Å². The van der Waals surface area contributed by atoms with Gasteiger partial charge in [-0.3, -0.25) is 4.79 Å². The number of amides is 1. The summed E-state index contributed by atoms with van der Waals surface area (Å²) in [6.45, 7) is 5.49. The average molecular weight is 288 g/mol. The molecule has 0 radical (unpaired) electrons. The summed E-state index contributed by atoms with van der Waals surface area (Å²) in [5, 5.41) is 0. The van der Waals surface area contributed by atoms with E-state index in [-0.39, 0.29) is 5.91 Å². The van der Waals surface area contributed by atoms with Crippen molar-refractivity contribution in [2.75, 3.05) is 13.1 Å². The molecule has 0 saturated heterocycles. The number of hydrogen-bond acceptors (Lipinski definition) is 2. The second-order valence-corrected chi connectivity index (χ2v) is 6.25. The lowest BCUT2D eigenvalue weighted by Gasteiger charge is -2.35. The smallest absolute Gasteiger partial charge is 0.254 e. The average Bonchev–Trinajstić information content (AvgIpc) is 2.51. The van der Waals surface area contributed by atoms with E-state index in [4.69, 9.17) is 5.73 Å². The summed E-state index contributed by atoms with van der Waals surface area (Å²) >= 11 is 0. The second kappa shape index (κ2) is 7.60. The van der Waals surface area contributed by atoms with Gasteiger partial charge in [0.15, 0.2) is 0 Å². The largest absolute Gasteiger partial charge is 0.336 e. The van der Waals surface area contributed by atoms with Crippen molar-refractivity contribution in [2.45, 2.75) is 58.4 Å². The lowest BCUT2D eigenvalue weighted by atomic mass is 9.93. The number of rotatable bonds is 5. The zero-order chi connectivity index (χ0) is 15.2. The molecule has 1 saturated carbocycles. The van der Waals surface area contributed by atoms with Crippen LogP contribution >= 0.6 is 0 Å².